The molecule has 1 amide bonds. The number of aliphatic carboxylic acids is 1. The number of hydrogen-bond donors (Lipinski definition) is 3. The molecule has 82 valence electrons. The molecule has 4 N–H and O–H groups in total. The van der Waals surface area contributed by atoms with Crippen molar-refractivity contribution in [3.63, 3.8) is 0 Å². The van der Waals surface area contributed by atoms with Gasteiger partial charge in [0, 0.05) is 0 Å². The summed E-state index contributed by atoms with van der Waals surface area (Å²) in [6.07, 6.45) is 0.353. The predicted molar refractivity (Wildman–Crippen MR) is 52.7 cm³/mol. The Balaban J connectivity index is 4.22. The minimum Gasteiger partial charge on any atom is -0.480 e. The molecule has 0 rings (SSSR count). The first-order valence-corrected chi connectivity index (χ1v) is 4.68. The Labute approximate surface area is 83.7 Å². The number of amides is 1. The van der Waals surface area contributed by atoms with E-state index in [0.717, 1.165) is 0 Å². The Morgan fingerprint density at radius 2 is 1.93 bits per heavy atom. The fourth-order valence-corrected chi connectivity index (χ4v) is 0.909. The zero-order valence-corrected chi connectivity index (χ0v) is 8.78. The fraction of sp³-hybridized carbons (Fsp3) is 0.778. The summed E-state index contributed by atoms with van der Waals surface area (Å²) in [5.41, 5.74) is 5.56. The highest BCUT2D eigenvalue weighted by molar-refractivity contribution is 5.86. The monoisotopic (exact) mass is 202 g/mol. The molecule has 0 aromatic carbocycles. The van der Waals surface area contributed by atoms with Crippen molar-refractivity contribution in [2.45, 2.75) is 39.3 Å². The SMILES string of the molecule is CC[C@@H](NC(=O)[C@H](N)C(C)C)C(=O)O. The van der Waals surface area contributed by atoms with Crippen LogP contribution in [0.4, 0.5) is 0 Å². The number of carboxylic acids is 1. The van der Waals surface area contributed by atoms with Crippen LogP contribution in [0.3, 0.4) is 0 Å². The minimum absolute atomic E-state index is 0.00120. The van der Waals surface area contributed by atoms with E-state index in [4.69, 9.17) is 10.8 Å². The third-order valence-corrected chi connectivity index (χ3v) is 2.04. The lowest BCUT2D eigenvalue weighted by molar-refractivity contribution is -0.142. The third kappa shape index (κ3) is 3.74. The molecule has 0 unspecified atom stereocenters. The van der Waals surface area contributed by atoms with Crippen LogP contribution >= 0.6 is 0 Å². The van der Waals surface area contributed by atoms with Crippen LogP contribution in [-0.2, 0) is 9.59 Å². The lowest BCUT2D eigenvalue weighted by Crippen LogP contribution is -2.50. The summed E-state index contributed by atoms with van der Waals surface area (Å²) in [5.74, 6) is -1.44. The Morgan fingerprint density at radius 3 is 2.21 bits per heavy atom. The second-order valence-electron chi connectivity index (χ2n) is 3.58. The zero-order valence-electron chi connectivity index (χ0n) is 8.78. The Hall–Kier alpha value is -1.10. The molecule has 0 saturated heterocycles. The normalized spacial score (nSPS) is 14.9. The highest BCUT2D eigenvalue weighted by Gasteiger charge is 2.23. The van der Waals surface area contributed by atoms with Crippen molar-refractivity contribution >= 4 is 11.9 Å². The molecule has 0 bridgehead atoms. The third-order valence-electron chi connectivity index (χ3n) is 2.04. The van der Waals surface area contributed by atoms with E-state index in [2.05, 4.69) is 5.32 Å². The summed E-state index contributed by atoms with van der Waals surface area (Å²) in [6.45, 7) is 5.32. The number of hydrogen-bond acceptors (Lipinski definition) is 3. The quantitative estimate of drug-likeness (QED) is 0.582. The van der Waals surface area contributed by atoms with E-state index in [9.17, 15) is 9.59 Å². The predicted octanol–water partition coefficient (Wildman–Crippen LogP) is -0.0509. The van der Waals surface area contributed by atoms with Crippen molar-refractivity contribution in [3.05, 3.63) is 0 Å². The van der Waals surface area contributed by atoms with Gasteiger partial charge in [-0.1, -0.05) is 20.8 Å². The molecule has 5 heteroatoms. The van der Waals surface area contributed by atoms with E-state index >= 15 is 0 Å². The van der Waals surface area contributed by atoms with Crippen molar-refractivity contribution in [1.82, 2.24) is 5.32 Å². The molecular weight excluding hydrogens is 184 g/mol. The smallest absolute Gasteiger partial charge is 0.326 e. The summed E-state index contributed by atoms with van der Waals surface area (Å²) >= 11 is 0. The van der Waals surface area contributed by atoms with Gasteiger partial charge in [0.2, 0.25) is 5.91 Å². The standard InChI is InChI=1S/C9H18N2O3/c1-4-6(9(13)14)11-8(12)7(10)5(2)3/h5-7H,4,10H2,1-3H3,(H,11,12)(H,13,14)/t6-,7-/m1/s1. The molecule has 0 aliphatic carbocycles. The van der Waals surface area contributed by atoms with E-state index in [0.29, 0.717) is 6.42 Å². The first kappa shape index (κ1) is 12.9. The molecule has 2 atom stereocenters. The van der Waals surface area contributed by atoms with Crippen molar-refractivity contribution in [2.24, 2.45) is 11.7 Å². The van der Waals surface area contributed by atoms with Crippen molar-refractivity contribution < 1.29 is 14.7 Å². The van der Waals surface area contributed by atoms with Gasteiger partial charge in [-0.05, 0) is 12.3 Å². The van der Waals surface area contributed by atoms with Gasteiger partial charge in [0.1, 0.15) is 6.04 Å². The van der Waals surface area contributed by atoms with Crippen LogP contribution in [0.1, 0.15) is 27.2 Å². The van der Waals surface area contributed by atoms with Crippen LogP contribution in [0.15, 0.2) is 0 Å². The molecule has 0 saturated carbocycles. The van der Waals surface area contributed by atoms with Crippen LogP contribution in [0.2, 0.25) is 0 Å². The first-order chi connectivity index (χ1) is 6.40. The highest BCUT2D eigenvalue weighted by atomic mass is 16.4. The van der Waals surface area contributed by atoms with E-state index in [1.165, 1.54) is 0 Å². The summed E-state index contributed by atoms with van der Waals surface area (Å²) < 4.78 is 0. The second kappa shape index (κ2) is 5.59. The summed E-state index contributed by atoms with van der Waals surface area (Å²) in [4.78, 5) is 22.0. The zero-order chi connectivity index (χ0) is 11.3. The van der Waals surface area contributed by atoms with E-state index in [1.807, 2.05) is 13.8 Å². The van der Waals surface area contributed by atoms with Crippen molar-refractivity contribution in [1.29, 1.82) is 0 Å². The van der Waals surface area contributed by atoms with Gasteiger partial charge in [-0.2, -0.15) is 0 Å². The highest BCUT2D eigenvalue weighted by Crippen LogP contribution is 1.99. The molecule has 14 heavy (non-hydrogen) atoms. The summed E-state index contributed by atoms with van der Waals surface area (Å²) in [6, 6.07) is -1.49. The topological polar surface area (TPSA) is 92.4 Å². The molecule has 0 spiro atoms. The lowest BCUT2D eigenvalue weighted by Gasteiger charge is -2.18. The molecule has 5 nitrogen and oxygen atoms in total. The number of carbonyl (C=O) groups is 2. The number of carbonyl (C=O) groups excluding carboxylic acids is 1. The number of nitrogens with one attached hydrogen (secondary N) is 1. The number of nitrogens with two attached hydrogens (primary N) is 1. The largest absolute Gasteiger partial charge is 0.480 e. The number of carboxylic acid groups (broad SMARTS) is 1. The van der Waals surface area contributed by atoms with Crippen molar-refractivity contribution in [2.75, 3.05) is 0 Å². The fourth-order valence-electron chi connectivity index (χ4n) is 0.909. The number of rotatable bonds is 5. The van der Waals surface area contributed by atoms with Gasteiger partial charge in [0.15, 0.2) is 0 Å². The van der Waals surface area contributed by atoms with Crippen molar-refractivity contribution in [3.8, 4) is 0 Å². The maximum Gasteiger partial charge on any atom is 0.326 e. The molecule has 0 aromatic rings. The molecular formula is C9H18N2O3. The van der Waals surface area contributed by atoms with Crippen LogP contribution in [0.25, 0.3) is 0 Å². The van der Waals surface area contributed by atoms with E-state index in [-0.39, 0.29) is 5.92 Å². The molecule has 0 fully saturated rings. The van der Waals surface area contributed by atoms with Gasteiger partial charge in [-0.3, -0.25) is 4.79 Å². The van der Waals surface area contributed by atoms with Crippen LogP contribution in [-0.4, -0.2) is 29.1 Å². The maximum absolute atomic E-state index is 11.4. The Kier molecular flexibility index (Phi) is 5.15. The molecule has 0 radical (unpaired) electrons. The summed E-state index contributed by atoms with van der Waals surface area (Å²) in [5, 5.41) is 11.1. The van der Waals surface area contributed by atoms with Crippen LogP contribution < -0.4 is 11.1 Å². The molecule has 0 aliphatic rings. The minimum atomic E-state index is -1.03. The van der Waals surface area contributed by atoms with Gasteiger partial charge in [-0.25, -0.2) is 4.79 Å². The van der Waals surface area contributed by atoms with Gasteiger partial charge in [0.05, 0.1) is 6.04 Å². The maximum atomic E-state index is 11.4. The molecule has 0 aliphatic heterocycles. The van der Waals surface area contributed by atoms with Gasteiger partial charge in [-0.15, -0.1) is 0 Å². The van der Waals surface area contributed by atoms with Gasteiger partial charge in [0.25, 0.3) is 0 Å². The average Bonchev–Trinajstić information content (AvgIpc) is 2.11. The Bertz CT molecular complexity index is 216. The molecule has 0 aromatic heterocycles. The van der Waals surface area contributed by atoms with Crippen LogP contribution in [0.5, 0.6) is 0 Å². The second-order valence-corrected chi connectivity index (χ2v) is 3.58. The van der Waals surface area contributed by atoms with E-state index in [1.54, 1.807) is 6.92 Å². The van der Waals surface area contributed by atoms with E-state index < -0.39 is 24.0 Å². The average molecular weight is 202 g/mol. The first-order valence-electron chi connectivity index (χ1n) is 4.68. The van der Waals surface area contributed by atoms with Crippen LogP contribution in [0, 0.1) is 5.92 Å². The molecule has 0 heterocycles. The van der Waals surface area contributed by atoms with Gasteiger partial charge >= 0.3 is 5.97 Å². The lowest BCUT2D eigenvalue weighted by atomic mass is 10.0. The Morgan fingerprint density at radius 1 is 1.43 bits per heavy atom. The van der Waals surface area contributed by atoms with Gasteiger partial charge < -0.3 is 16.2 Å². The summed E-state index contributed by atoms with van der Waals surface area (Å²) in [7, 11) is 0.